The van der Waals surface area contributed by atoms with Gasteiger partial charge in [-0.3, -0.25) is 4.79 Å². The van der Waals surface area contributed by atoms with E-state index in [9.17, 15) is 4.79 Å². The average molecular weight is 441 g/mol. The molecule has 0 fully saturated rings. The second-order valence-electron chi connectivity index (χ2n) is 7.78. The van der Waals surface area contributed by atoms with Gasteiger partial charge in [0.2, 0.25) is 5.91 Å². The number of hydrogen-bond donors (Lipinski definition) is 1. The van der Waals surface area contributed by atoms with Gasteiger partial charge in [0.25, 0.3) is 0 Å². The molecule has 0 saturated heterocycles. The SMILES string of the molecule is CC(=O)NCCc1ccc2cc(Oc3ccc(OCCCN(C)C)cc3Cl)ccc2c1. The first-order valence-electron chi connectivity index (χ1n) is 10.4. The zero-order chi connectivity index (χ0) is 22.2. The molecule has 0 atom stereocenters. The summed E-state index contributed by atoms with van der Waals surface area (Å²) in [7, 11) is 4.09. The van der Waals surface area contributed by atoms with Gasteiger partial charge in [-0.25, -0.2) is 0 Å². The van der Waals surface area contributed by atoms with Crippen LogP contribution in [0, 0.1) is 0 Å². The Morgan fingerprint density at radius 2 is 1.74 bits per heavy atom. The molecular weight excluding hydrogens is 412 g/mol. The highest BCUT2D eigenvalue weighted by Gasteiger charge is 2.07. The van der Waals surface area contributed by atoms with Gasteiger partial charge in [0.15, 0.2) is 0 Å². The second kappa shape index (κ2) is 11.0. The first-order chi connectivity index (χ1) is 14.9. The van der Waals surface area contributed by atoms with E-state index in [1.807, 2.05) is 44.4 Å². The fourth-order valence-corrected chi connectivity index (χ4v) is 3.44. The smallest absolute Gasteiger partial charge is 0.216 e. The summed E-state index contributed by atoms with van der Waals surface area (Å²) < 4.78 is 11.8. The van der Waals surface area contributed by atoms with E-state index in [1.165, 1.54) is 12.5 Å². The standard InChI is InChI=1S/C25H29ClN2O3/c1-18(29)27-12-11-19-5-6-21-16-23(8-7-20(21)15-19)31-25-10-9-22(17-24(25)26)30-14-4-13-28(2)3/h5-10,15-17H,4,11-14H2,1-3H3,(H,27,29). The van der Waals surface area contributed by atoms with Crippen LogP contribution in [0.2, 0.25) is 5.02 Å². The minimum Gasteiger partial charge on any atom is -0.493 e. The molecule has 0 bridgehead atoms. The lowest BCUT2D eigenvalue weighted by molar-refractivity contribution is -0.118. The Labute approximate surface area is 188 Å². The fraction of sp³-hybridized carbons (Fsp3) is 0.320. The number of ether oxygens (including phenoxy) is 2. The van der Waals surface area contributed by atoms with Crippen LogP contribution in [0.3, 0.4) is 0 Å². The van der Waals surface area contributed by atoms with E-state index in [4.69, 9.17) is 21.1 Å². The third kappa shape index (κ3) is 7.16. The number of hydrogen-bond acceptors (Lipinski definition) is 4. The van der Waals surface area contributed by atoms with Gasteiger partial charge in [0.05, 0.1) is 11.6 Å². The summed E-state index contributed by atoms with van der Waals surface area (Å²) in [6.45, 7) is 3.79. The van der Waals surface area contributed by atoms with Crippen LogP contribution in [0.4, 0.5) is 0 Å². The largest absolute Gasteiger partial charge is 0.493 e. The lowest BCUT2D eigenvalue weighted by Crippen LogP contribution is -2.22. The van der Waals surface area contributed by atoms with Crippen molar-refractivity contribution in [1.82, 2.24) is 10.2 Å². The van der Waals surface area contributed by atoms with Crippen molar-refractivity contribution in [2.45, 2.75) is 19.8 Å². The van der Waals surface area contributed by atoms with E-state index in [2.05, 4.69) is 28.4 Å². The maximum atomic E-state index is 11.0. The lowest BCUT2D eigenvalue weighted by Gasteiger charge is -2.12. The first kappa shape index (κ1) is 22.9. The van der Waals surface area contributed by atoms with Crippen LogP contribution in [0.5, 0.6) is 17.2 Å². The van der Waals surface area contributed by atoms with Crippen LogP contribution < -0.4 is 14.8 Å². The monoisotopic (exact) mass is 440 g/mol. The highest BCUT2D eigenvalue weighted by atomic mass is 35.5. The Morgan fingerprint density at radius 3 is 2.48 bits per heavy atom. The molecule has 1 N–H and O–H groups in total. The van der Waals surface area contributed by atoms with Gasteiger partial charge < -0.3 is 19.7 Å². The van der Waals surface area contributed by atoms with Gasteiger partial charge in [0, 0.05) is 26.1 Å². The lowest BCUT2D eigenvalue weighted by atomic mass is 10.0. The van der Waals surface area contributed by atoms with E-state index in [-0.39, 0.29) is 5.91 Å². The van der Waals surface area contributed by atoms with Crippen molar-refractivity contribution in [1.29, 1.82) is 0 Å². The fourth-order valence-electron chi connectivity index (χ4n) is 3.23. The zero-order valence-electron chi connectivity index (χ0n) is 18.3. The Hall–Kier alpha value is -2.76. The highest BCUT2D eigenvalue weighted by Crippen LogP contribution is 2.33. The number of halogens is 1. The highest BCUT2D eigenvalue weighted by molar-refractivity contribution is 6.32. The molecule has 0 aliphatic rings. The molecule has 3 aromatic carbocycles. The van der Waals surface area contributed by atoms with Crippen LogP contribution in [0.25, 0.3) is 10.8 Å². The molecule has 1 amide bonds. The Balaban J connectivity index is 1.62. The van der Waals surface area contributed by atoms with Crippen molar-refractivity contribution in [2.75, 3.05) is 33.8 Å². The molecule has 0 aliphatic heterocycles. The number of rotatable bonds is 10. The maximum absolute atomic E-state index is 11.0. The summed E-state index contributed by atoms with van der Waals surface area (Å²) in [5.41, 5.74) is 1.18. The van der Waals surface area contributed by atoms with Gasteiger partial charge in [0.1, 0.15) is 17.2 Å². The Kier molecular flexibility index (Phi) is 8.15. The summed E-state index contributed by atoms with van der Waals surface area (Å²) in [4.78, 5) is 13.1. The number of nitrogens with zero attached hydrogens (tertiary/aromatic N) is 1. The van der Waals surface area contributed by atoms with Crippen molar-refractivity contribution in [3.8, 4) is 17.2 Å². The summed E-state index contributed by atoms with van der Waals surface area (Å²) >= 11 is 6.41. The van der Waals surface area contributed by atoms with Crippen molar-refractivity contribution >= 4 is 28.3 Å². The van der Waals surface area contributed by atoms with Gasteiger partial charge in [-0.05, 0) is 67.5 Å². The van der Waals surface area contributed by atoms with Crippen LogP contribution in [0.1, 0.15) is 18.9 Å². The number of nitrogens with one attached hydrogen (secondary N) is 1. The van der Waals surface area contributed by atoms with Crippen molar-refractivity contribution in [2.24, 2.45) is 0 Å². The predicted octanol–water partition coefficient (Wildman–Crippen LogP) is 5.29. The van der Waals surface area contributed by atoms with Gasteiger partial charge in [-0.15, -0.1) is 0 Å². The molecule has 164 valence electrons. The van der Waals surface area contributed by atoms with Gasteiger partial charge in [-0.2, -0.15) is 0 Å². The average Bonchev–Trinajstić information content (AvgIpc) is 2.72. The van der Waals surface area contributed by atoms with Crippen LogP contribution in [-0.2, 0) is 11.2 Å². The topological polar surface area (TPSA) is 50.8 Å². The number of carbonyl (C=O) groups excluding carboxylic acids is 1. The molecule has 0 saturated carbocycles. The zero-order valence-corrected chi connectivity index (χ0v) is 19.0. The normalized spacial score (nSPS) is 11.0. The second-order valence-corrected chi connectivity index (χ2v) is 8.18. The molecule has 31 heavy (non-hydrogen) atoms. The Bertz CT molecular complexity index is 1040. The molecule has 0 radical (unpaired) electrons. The number of fused-ring (bicyclic) bond motifs is 1. The number of benzene rings is 3. The summed E-state index contributed by atoms with van der Waals surface area (Å²) in [5, 5.41) is 5.54. The summed E-state index contributed by atoms with van der Waals surface area (Å²) in [5.74, 6) is 2.04. The Morgan fingerprint density at radius 1 is 1.00 bits per heavy atom. The van der Waals surface area contributed by atoms with Crippen LogP contribution >= 0.6 is 11.6 Å². The van der Waals surface area contributed by atoms with E-state index in [0.29, 0.717) is 23.9 Å². The molecule has 0 unspecified atom stereocenters. The van der Waals surface area contributed by atoms with Crippen LogP contribution in [-0.4, -0.2) is 44.6 Å². The minimum atomic E-state index is -0.00911. The van der Waals surface area contributed by atoms with Crippen molar-refractivity contribution < 1.29 is 14.3 Å². The molecular formula is C25H29ClN2O3. The predicted molar refractivity (Wildman–Crippen MR) is 127 cm³/mol. The van der Waals surface area contributed by atoms with Gasteiger partial charge >= 0.3 is 0 Å². The molecule has 6 heteroatoms. The third-order valence-electron chi connectivity index (χ3n) is 4.81. The van der Waals surface area contributed by atoms with E-state index in [0.717, 1.165) is 41.7 Å². The van der Waals surface area contributed by atoms with E-state index >= 15 is 0 Å². The number of amides is 1. The molecule has 0 aromatic heterocycles. The molecule has 3 aromatic rings. The van der Waals surface area contributed by atoms with E-state index < -0.39 is 0 Å². The maximum Gasteiger partial charge on any atom is 0.216 e. The quantitative estimate of drug-likeness (QED) is 0.435. The van der Waals surface area contributed by atoms with Gasteiger partial charge in [-0.1, -0.05) is 35.9 Å². The first-order valence-corrected chi connectivity index (χ1v) is 10.8. The molecule has 3 rings (SSSR count). The van der Waals surface area contributed by atoms with Crippen molar-refractivity contribution in [3.05, 3.63) is 65.2 Å². The summed E-state index contributed by atoms with van der Waals surface area (Å²) in [6, 6.07) is 17.7. The molecule has 5 nitrogen and oxygen atoms in total. The summed E-state index contributed by atoms with van der Waals surface area (Å²) in [6.07, 6.45) is 1.75. The molecule has 0 heterocycles. The molecule has 0 spiro atoms. The minimum absolute atomic E-state index is 0.00911. The number of carbonyl (C=O) groups is 1. The van der Waals surface area contributed by atoms with Crippen LogP contribution in [0.15, 0.2) is 54.6 Å². The van der Waals surface area contributed by atoms with Crippen molar-refractivity contribution in [3.63, 3.8) is 0 Å². The van der Waals surface area contributed by atoms with E-state index in [1.54, 1.807) is 6.07 Å². The molecule has 0 aliphatic carbocycles. The third-order valence-corrected chi connectivity index (χ3v) is 5.11.